The summed E-state index contributed by atoms with van der Waals surface area (Å²) in [4.78, 5) is 13.6. The molecule has 0 aliphatic rings. The summed E-state index contributed by atoms with van der Waals surface area (Å²) in [5.41, 5.74) is 2.94. The first-order valence-corrected chi connectivity index (χ1v) is 11.5. The van der Waals surface area contributed by atoms with E-state index < -0.39 is 6.10 Å². The minimum atomic E-state index is -0.655. The predicted octanol–water partition coefficient (Wildman–Crippen LogP) is 4.18. The van der Waals surface area contributed by atoms with Crippen LogP contribution < -0.4 is 10.3 Å². The van der Waals surface area contributed by atoms with Crippen molar-refractivity contribution in [3.8, 4) is 11.4 Å². The molecule has 5 aromatic rings. The second-order valence-electron chi connectivity index (χ2n) is 7.69. The van der Waals surface area contributed by atoms with Gasteiger partial charge in [-0.05, 0) is 42.3 Å². The van der Waals surface area contributed by atoms with Gasteiger partial charge in [-0.2, -0.15) is 0 Å². The van der Waals surface area contributed by atoms with E-state index >= 15 is 0 Å². The summed E-state index contributed by atoms with van der Waals surface area (Å²) in [5.74, 6) is 1.35. The van der Waals surface area contributed by atoms with Crippen LogP contribution in [0.5, 0.6) is 5.75 Å². The number of benzene rings is 3. The summed E-state index contributed by atoms with van der Waals surface area (Å²) in [6, 6.07) is 22.6. The molecule has 166 valence electrons. The normalized spacial score (nSPS) is 12.3. The van der Waals surface area contributed by atoms with Gasteiger partial charge in [-0.3, -0.25) is 9.20 Å². The van der Waals surface area contributed by atoms with Crippen molar-refractivity contribution < 1.29 is 9.84 Å². The van der Waals surface area contributed by atoms with Gasteiger partial charge < -0.3 is 9.84 Å². The Bertz CT molecular complexity index is 1510. The summed E-state index contributed by atoms with van der Waals surface area (Å²) in [6.45, 7) is 1.96. The number of aliphatic hydroxyl groups excluding tert-OH is 1. The fraction of sp³-hybridized carbons (Fsp3) is 0.160. The molecule has 5 rings (SSSR count). The molecule has 33 heavy (non-hydrogen) atoms. The van der Waals surface area contributed by atoms with E-state index in [1.807, 2.05) is 78.1 Å². The van der Waals surface area contributed by atoms with Gasteiger partial charge in [0.2, 0.25) is 5.78 Å². The first-order chi connectivity index (χ1) is 16.1. The lowest BCUT2D eigenvalue weighted by atomic mass is 10.1. The van der Waals surface area contributed by atoms with Gasteiger partial charge in [-0.25, -0.2) is 4.57 Å². The molecular formula is C25H22N4O3S. The van der Waals surface area contributed by atoms with E-state index in [4.69, 9.17) is 4.74 Å². The number of rotatable bonds is 6. The van der Waals surface area contributed by atoms with Crippen LogP contribution in [0.15, 0.2) is 82.7 Å². The Kier molecular flexibility index (Phi) is 5.62. The summed E-state index contributed by atoms with van der Waals surface area (Å²) in [6.07, 6.45) is -0.655. The molecule has 0 aliphatic carbocycles. The predicted molar refractivity (Wildman–Crippen MR) is 130 cm³/mol. The van der Waals surface area contributed by atoms with E-state index in [9.17, 15) is 9.90 Å². The Morgan fingerprint density at radius 2 is 1.79 bits per heavy atom. The lowest BCUT2D eigenvalue weighted by molar-refractivity contribution is 0.204. The molecule has 2 heterocycles. The van der Waals surface area contributed by atoms with Crippen molar-refractivity contribution >= 4 is 28.4 Å². The first-order valence-electron chi connectivity index (χ1n) is 10.5. The summed E-state index contributed by atoms with van der Waals surface area (Å²) in [5, 5.41) is 20.5. The van der Waals surface area contributed by atoms with Crippen LogP contribution in [-0.4, -0.2) is 37.1 Å². The number of aromatic nitrogens is 4. The molecule has 0 spiro atoms. The zero-order chi connectivity index (χ0) is 22.9. The molecule has 2 aromatic heterocycles. The molecule has 1 atom stereocenters. The molecule has 0 saturated heterocycles. The average Bonchev–Trinajstić information content (AvgIpc) is 3.27. The molecule has 3 aromatic carbocycles. The molecule has 0 amide bonds. The van der Waals surface area contributed by atoms with Gasteiger partial charge in [-0.15, -0.1) is 10.2 Å². The van der Waals surface area contributed by atoms with Crippen molar-refractivity contribution in [3.05, 3.63) is 94.3 Å². The molecule has 7 nitrogen and oxygen atoms in total. The van der Waals surface area contributed by atoms with Crippen molar-refractivity contribution in [2.24, 2.45) is 0 Å². The molecule has 8 heteroatoms. The van der Waals surface area contributed by atoms with Crippen molar-refractivity contribution in [2.75, 3.05) is 12.9 Å². The molecular weight excluding hydrogens is 436 g/mol. The Hall–Kier alpha value is -3.62. The van der Waals surface area contributed by atoms with Crippen molar-refractivity contribution in [2.45, 2.75) is 18.2 Å². The second-order valence-corrected chi connectivity index (χ2v) is 8.68. The molecule has 0 aliphatic heterocycles. The van der Waals surface area contributed by atoms with Gasteiger partial charge >= 0.3 is 0 Å². The second kappa shape index (κ2) is 8.73. The third-order valence-corrected chi connectivity index (χ3v) is 6.53. The van der Waals surface area contributed by atoms with E-state index in [0.29, 0.717) is 39.0 Å². The molecule has 1 unspecified atom stereocenters. The maximum atomic E-state index is 13.6. The monoisotopic (exact) mass is 458 g/mol. The average molecular weight is 459 g/mol. The first kappa shape index (κ1) is 21.2. The van der Waals surface area contributed by atoms with E-state index in [2.05, 4.69) is 10.2 Å². The van der Waals surface area contributed by atoms with Crippen LogP contribution in [-0.2, 0) is 0 Å². The van der Waals surface area contributed by atoms with Crippen molar-refractivity contribution in [1.82, 2.24) is 19.2 Å². The Labute approximate surface area is 194 Å². The van der Waals surface area contributed by atoms with Gasteiger partial charge in [0, 0.05) is 5.75 Å². The van der Waals surface area contributed by atoms with Crippen LogP contribution in [0.1, 0.15) is 17.2 Å². The molecule has 0 fully saturated rings. The summed E-state index contributed by atoms with van der Waals surface area (Å²) >= 11 is 1.39. The van der Waals surface area contributed by atoms with Crippen LogP contribution in [0.3, 0.4) is 0 Å². The summed E-state index contributed by atoms with van der Waals surface area (Å²) in [7, 11) is 1.58. The number of ether oxygens (including phenoxy) is 1. The van der Waals surface area contributed by atoms with Gasteiger partial charge in [0.25, 0.3) is 5.56 Å². The highest BCUT2D eigenvalue weighted by Crippen LogP contribution is 2.29. The number of aryl methyl sites for hydroxylation is 1. The van der Waals surface area contributed by atoms with E-state index in [-0.39, 0.29) is 5.56 Å². The smallest absolute Gasteiger partial charge is 0.267 e. The van der Waals surface area contributed by atoms with Crippen LogP contribution >= 0.6 is 11.8 Å². The highest BCUT2D eigenvalue weighted by Gasteiger charge is 2.21. The number of methoxy groups -OCH3 is 1. The van der Waals surface area contributed by atoms with E-state index in [0.717, 1.165) is 11.1 Å². The van der Waals surface area contributed by atoms with Gasteiger partial charge in [-0.1, -0.05) is 60.3 Å². The number of hydrogen-bond donors (Lipinski definition) is 1. The van der Waals surface area contributed by atoms with Crippen LogP contribution in [0.4, 0.5) is 0 Å². The minimum Gasteiger partial charge on any atom is -0.495 e. The number of thioether (sulfide) groups is 1. The molecule has 0 saturated carbocycles. The van der Waals surface area contributed by atoms with E-state index in [1.165, 1.54) is 11.8 Å². The van der Waals surface area contributed by atoms with Crippen LogP contribution in [0, 0.1) is 6.92 Å². The van der Waals surface area contributed by atoms with Crippen molar-refractivity contribution in [3.63, 3.8) is 0 Å². The van der Waals surface area contributed by atoms with Gasteiger partial charge in [0.15, 0.2) is 5.16 Å². The maximum absolute atomic E-state index is 13.6. The highest BCUT2D eigenvalue weighted by molar-refractivity contribution is 7.99. The van der Waals surface area contributed by atoms with Gasteiger partial charge in [0.1, 0.15) is 5.75 Å². The topological polar surface area (TPSA) is 81.7 Å². The quantitative estimate of drug-likeness (QED) is 0.385. The number of nitrogens with zero attached hydrogens (tertiary/aromatic N) is 4. The SMILES string of the molecule is COc1ccc(C)cc1-n1c(=O)c2ccccc2n2c(SCC(O)c3ccccc3)nnc12. The number of para-hydroxylation sites is 1. The van der Waals surface area contributed by atoms with Crippen LogP contribution in [0.2, 0.25) is 0 Å². The lowest BCUT2D eigenvalue weighted by Gasteiger charge is -2.15. The largest absolute Gasteiger partial charge is 0.495 e. The summed E-state index contributed by atoms with van der Waals surface area (Å²) < 4.78 is 8.95. The van der Waals surface area contributed by atoms with Crippen LogP contribution in [0.25, 0.3) is 22.4 Å². The zero-order valence-corrected chi connectivity index (χ0v) is 19.0. The maximum Gasteiger partial charge on any atom is 0.267 e. The molecule has 1 N–H and O–H groups in total. The fourth-order valence-electron chi connectivity index (χ4n) is 3.89. The lowest BCUT2D eigenvalue weighted by Crippen LogP contribution is -2.22. The Balaban J connectivity index is 1.69. The van der Waals surface area contributed by atoms with Gasteiger partial charge in [0.05, 0.1) is 29.8 Å². The highest BCUT2D eigenvalue weighted by atomic mass is 32.2. The number of fused-ring (bicyclic) bond motifs is 3. The number of aliphatic hydroxyl groups is 1. The Morgan fingerprint density at radius 3 is 2.58 bits per heavy atom. The third kappa shape index (κ3) is 3.77. The standard InChI is InChI=1S/C25H22N4O3S/c1-16-12-13-22(32-2)20(14-16)28-23(31)18-10-6-7-11-19(18)29-24(28)26-27-25(29)33-15-21(30)17-8-4-3-5-9-17/h3-14,21,30H,15H2,1-2H3. The zero-order valence-electron chi connectivity index (χ0n) is 18.2. The fourth-order valence-corrected chi connectivity index (χ4v) is 4.80. The molecule has 0 radical (unpaired) electrons. The third-order valence-electron chi connectivity index (χ3n) is 5.52. The van der Waals surface area contributed by atoms with Crippen molar-refractivity contribution in [1.29, 1.82) is 0 Å². The number of hydrogen-bond acceptors (Lipinski definition) is 6. The van der Waals surface area contributed by atoms with E-state index in [1.54, 1.807) is 17.7 Å². The molecule has 0 bridgehead atoms. The minimum absolute atomic E-state index is 0.199. The Morgan fingerprint density at radius 1 is 1.03 bits per heavy atom.